The molecule has 0 aromatic heterocycles. The Morgan fingerprint density at radius 1 is 1.04 bits per heavy atom. The van der Waals surface area contributed by atoms with Crippen LogP contribution < -0.4 is 9.47 Å². The van der Waals surface area contributed by atoms with Crippen LogP contribution in [-0.2, 0) is 4.79 Å². The molecule has 1 aliphatic rings. The highest BCUT2D eigenvalue weighted by atomic mass is 16.5. The van der Waals surface area contributed by atoms with E-state index >= 15 is 0 Å². The van der Waals surface area contributed by atoms with Crippen molar-refractivity contribution in [3.8, 4) is 11.5 Å². The number of methoxy groups -OCH3 is 1. The molecule has 0 bridgehead atoms. The standard InChI is InChI=1S/C22H28N2O3/c1-23-14-15-24(21(17-23)18-7-4-3-5-8-18)22(25)9-6-16-27-20-12-10-19(26-2)11-13-20/h3-5,7-8,10-13,21H,6,9,14-17H2,1-2H3/t21-/m0/s1. The number of carbonyl (C=O) groups excluding carboxylic acids is 1. The third-order valence-corrected chi connectivity index (χ3v) is 4.95. The molecule has 1 amide bonds. The monoisotopic (exact) mass is 368 g/mol. The van der Waals surface area contributed by atoms with E-state index in [0.29, 0.717) is 19.4 Å². The lowest BCUT2D eigenvalue weighted by molar-refractivity contribution is -0.136. The van der Waals surface area contributed by atoms with E-state index in [-0.39, 0.29) is 11.9 Å². The molecule has 1 fully saturated rings. The molecule has 5 heteroatoms. The van der Waals surface area contributed by atoms with Gasteiger partial charge < -0.3 is 19.3 Å². The van der Waals surface area contributed by atoms with Crippen LogP contribution in [0.4, 0.5) is 0 Å². The SMILES string of the molecule is COc1ccc(OCCCC(=O)N2CCN(C)C[C@H]2c2ccccc2)cc1. The van der Waals surface area contributed by atoms with Gasteiger partial charge in [-0.15, -0.1) is 0 Å². The molecule has 1 atom stereocenters. The van der Waals surface area contributed by atoms with Gasteiger partial charge in [-0.25, -0.2) is 0 Å². The Hall–Kier alpha value is -2.53. The molecule has 0 saturated carbocycles. The molecule has 0 unspecified atom stereocenters. The van der Waals surface area contributed by atoms with Crippen LogP contribution in [0.2, 0.25) is 0 Å². The van der Waals surface area contributed by atoms with Gasteiger partial charge in [0.1, 0.15) is 11.5 Å². The van der Waals surface area contributed by atoms with E-state index in [0.717, 1.165) is 31.1 Å². The van der Waals surface area contributed by atoms with E-state index in [1.54, 1.807) is 7.11 Å². The fourth-order valence-corrected chi connectivity index (χ4v) is 3.41. The van der Waals surface area contributed by atoms with Crippen molar-refractivity contribution in [2.45, 2.75) is 18.9 Å². The number of carbonyl (C=O) groups is 1. The van der Waals surface area contributed by atoms with Crippen LogP contribution in [0.5, 0.6) is 11.5 Å². The van der Waals surface area contributed by atoms with E-state index in [1.165, 1.54) is 5.56 Å². The first kappa shape index (κ1) is 19.2. The van der Waals surface area contributed by atoms with Gasteiger partial charge in [-0.05, 0) is 43.3 Å². The summed E-state index contributed by atoms with van der Waals surface area (Å²) in [5, 5.41) is 0. The van der Waals surface area contributed by atoms with E-state index in [2.05, 4.69) is 24.1 Å². The summed E-state index contributed by atoms with van der Waals surface area (Å²) in [5.74, 6) is 1.81. The summed E-state index contributed by atoms with van der Waals surface area (Å²) in [6, 6.07) is 17.9. The van der Waals surface area contributed by atoms with E-state index < -0.39 is 0 Å². The minimum atomic E-state index is 0.125. The molecule has 1 heterocycles. The minimum Gasteiger partial charge on any atom is -0.497 e. The molecule has 27 heavy (non-hydrogen) atoms. The predicted octanol–water partition coefficient (Wildman–Crippen LogP) is 3.37. The van der Waals surface area contributed by atoms with Gasteiger partial charge in [0, 0.05) is 26.1 Å². The van der Waals surface area contributed by atoms with Crippen LogP contribution in [0.1, 0.15) is 24.4 Å². The summed E-state index contributed by atoms with van der Waals surface area (Å²) in [5.41, 5.74) is 1.20. The number of piperazine rings is 1. The number of ether oxygens (including phenoxy) is 2. The molecule has 3 rings (SSSR count). The number of benzene rings is 2. The molecular weight excluding hydrogens is 340 g/mol. The van der Waals surface area contributed by atoms with E-state index in [4.69, 9.17) is 9.47 Å². The van der Waals surface area contributed by atoms with Gasteiger partial charge >= 0.3 is 0 Å². The van der Waals surface area contributed by atoms with Gasteiger partial charge in [-0.3, -0.25) is 4.79 Å². The zero-order valence-corrected chi connectivity index (χ0v) is 16.1. The Kier molecular flexibility index (Phi) is 6.71. The molecule has 0 radical (unpaired) electrons. The van der Waals surface area contributed by atoms with Crippen molar-refractivity contribution >= 4 is 5.91 Å². The summed E-state index contributed by atoms with van der Waals surface area (Å²) >= 11 is 0. The van der Waals surface area contributed by atoms with Gasteiger partial charge in [0.05, 0.1) is 19.8 Å². The Balaban J connectivity index is 1.51. The van der Waals surface area contributed by atoms with Crippen molar-refractivity contribution in [1.82, 2.24) is 9.80 Å². The molecule has 0 spiro atoms. The smallest absolute Gasteiger partial charge is 0.223 e. The fourth-order valence-electron chi connectivity index (χ4n) is 3.41. The highest BCUT2D eigenvalue weighted by Gasteiger charge is 2.29. The lowest BCUT2D eigenvalue weighted by Gasteiger charge is -2.40. The Morgan fingerprint density at radius 2 is 1.74 bits per heavy atom. The first-order valence-corrected chi connectivity index (χ1v) is 9.47. The third-order valence-electron chi connectivity index (χ3n) is 4.95. The molecule has 0 N–H and O–H groups in total. The molecule has 2 aromatic rings. The normalized spacial score (nSPS) is 17.6. The molecule has 5 nitrogen and oxygen atoms in total. The Morgan fingerprint density at radius 3 is 2.44 bits per heavy atom. The minimum absolute atomic E-state index is 0.125. The molecule has 1 saturated heterocycles. The fraction of sp³-hybridized carbons (Fsp3) is 0.409. The van der Waals surface area contributed by atoms with Gasteiger partial charge in [0.2, 0.25) is 5.91 Å². The second-order valence-corrected chi connectivity index (χ2v) is 6.90. The van der Waals surface area contributed by atoms with Crippen LogP contribution in [0.25, 0.3) is 0 Å². The summed E-state index contributed by atoms with van der Waals surface area (Å²) in [6.07, 6.45) is 1.21. The van der Waals surface area contributed by atoms with Crippen molar-refractivity contribution in [2.75, 3.05) is 40.4 Å². The van der Waals surface area contributed by atoms with Crippen molar-refractivity contribution in [3.63, 3.8) is 0 Å². The number of hydrogen-bond acceptors (Lipinski definition) is 4. The van der Waals surface area contributed by atoms with Gasteiger partial charge in [0.25, 0.3) is 0 Å². The average molecular weight is 368 g/mol. The van der Waals surface area contributed by atoms with E-state index in [1.807, 2.05) is 47.4 Å². The predicted molar refractivity (Wildman–Crippen MR) is 106 cm³/mol. The summed E-state index contributed by atoms with van der Waals surface area (Å²) < 4.78 is 10.9. The van der Waals surface area contributed by atoms with Gasteiger partial charge in [0.15, 0.2) is 0 Å². The highest BCUT2D eigenvalue weighted by molar-refractivity contribution is 5.77. The molecular formula is C22H28N2O3. The molecule has 2 aromatic carbocycles. The Labute approximate surface area is 161 Å². The lowest BCUT2D eigenvalue weighted by Crippen LogP contribution is -2.49. The number of rotatable bonds is 7. The maximum Gasteiger partial charge on any atom is 0.223 e. The molecule has 144 valence electrons. The van der Waals surface area contributed by atoms with Gasteiger partial charge in [-0.1, -0.05) is 30.3 Å². The van der Waals surface area contributed by atoms with Crippen LogP contribution in [0.3, 0.4) is 0 Å². The highest BCUT2D eigenvalue weighted by Crippen LogP contribution is 2.25. The second-order valence-electron chi connectivity index (χ2n) is 6.90. The van der Waals surface area contributed by atoms with Crippen molar-refractivity contribution < 1.29 is 14.3 Å². The number of likely N-dealkylation sites (N-methyl/N-ethyl adjacent to an activating group) is 1. The number of nitrogens with zero attached hydrogens (tertiary/aromatic N) is 2. The lowest BCUT2D eigenvalue weighted by atomic mass is 10.0. The van der Waals surface area contributed by atoms with Crippen LogP contribution in [0.15, 0.2) is 54.6 Å². The maximum atomic E-state index is 12.8. The second kappa shape index (κ2) is 9.42. The van der Waals surface area contributed by atoms with Crippen LogP contribution in [-0.4, -0.2) is 56.1 Å². The zero-order valence-electron chi connectivity index (χ0n) is 16.1. The van der Waals surface area contributed by atoms with Crippen LogP contribution in [0, 0.1) is 0 Å². The number of hydrogen-bond donors (Lipinski definition) is 0. The molecule has 0 aliphatic carbocycles. The topological polar surface area (TPSA) is 42.0 Å². The van der Waals surface area contributed by atoms with E-state index in [9.17, 15) is 4.79 Å². The largest absolute Gasteiger partial charge is 0.497 e. The zero-order chi connectivity index (χ0) is 19.1. The summed E-state index contributed by atoms with van der Waals surface area (Å²) in [4.78, 5) is 17.1. The third kappa shape index (κ3) is 5.23. The van der Waals surface area contributed by atoms with Gasteiger partial charge in [-0.2, -0.15) is 0 Å². The first-order valence-electron chi connectivity index (χ1n) is 9.47. The van der Waals surface area contributed by atoms with Crippen LogP contribution >= 0.6 is 0 Å². The van der Waals surface area contributed by atoms with Crippen molar-refractivity contribution in [3.05, 3.63) is 60.2 Å². The summed E-state index contributed by atoms with van der Waals surface area (Å²) in [6.45, 7) is 3.09. The summed E-state index contributed by atoms with van der Waals surface area (Å²) in [7, 11) is 3.75. The average Bonchev–Trinajstić information content (AvgIpc) is 2.72. The maximum absolute atomic E-state index is 12.8. The Bertz CT molecular complexity index is 718. The number of amides is 1. The first-order chi connectivity index (χ1) is 13.2. The van der Waals surface area contributed by atoms with Crippen molar-refractivity contribution in [2.24, 2.45) is 0 Å². The molecule has 1 aliphatic heterocycles. The quantitative estimate of drug-likeness (QED) is 0.703. The van der Waals surface area contributed by atoms with Crippen molar-refractivity contribution in [1.29, 1.82) is 0 Å².